The van der Waals surface area contributed by atoms with E-state index in [0.717, 1.165) is 31.9 Å². The van der Waals surface area contributed by atoms with Crippen LogP contribution in [0.1, 0.15) is 13.8 Å². The normalized spacial score (nSPS) is 13.2. The lowest BCUT2D eigenvalue weighted by molar-refractivity contribution is -0.142. The summed E-state index contributed by atoms with van der Waals surface area (Å²) in [4.78, 5) is 27.4. The van der Waals surface area contributed by atoms with Gasteiger partial charge >= 0.3 is 11.9 Å². The van der Waals surface area contributed by atoms with Gasteiger partial charge in [-0.25, -0.2) is 0 Å². The van der Waals surface area contributed by atoms with Gasteiger partial charge in [0.25, 0.3) is 0 Å². The molecule has 0 spiro atoms. The van der Waals surface area contributed by atoms with Crippen LogP contribution in [-0.4, -0.2) is 64.7 Å². The molecule has 0 bridgehead atoms. The zero-order valence-corrected chi connectivity index (χ0v) is 27.2. The maximum absolute atomic E-state index is 12.8. The molecular formula is C34H34N2O8S2. The summed E-state index contributed by atoms with van der Waals surface area (Å²) in [7, 11) is 0. The van der Waals surface area contributed by atoms with Gasteiger partial charge < -0.3 is 37.0 Å². The van der Waals surface area contributed by atoms with Crippen molar-refractivity contribution in [3.8, 4) is 23.0 Å². The number of benzene rings is 4. The summed E-state index contributed by atoms with van der Waals surface area (Å²) >= 11 is 2.82. The average Bonchev–Trinajstić information content (AvgIpc) is 3.07. The third-order valence-corrected chi connectivity index (χ3v) is 9.05. The third kappa shape index (κ3) is 7.34. The van der Waals surface area contributed by atoms with E-state index in [1.54, 1.807) is 13.8 Å². The lowest BCUT2D eigenvalue weighted by Gasteiger charge is -2.28. The Morgan fingerprint density at radius 3 is 1.43 bits per heavy atom. The van der Waals surface area contributed by atoms with Gasteiger partial charge in [0.1, 0.15) is 39.5 Å². The molecule has 0 unspecified atom stereocenters. The van der Waals surface area contributed by atoms with Gasteiger partial charge in [0, 0.05) is 20.6 Å². The van der Waals surface area contributed by atoms with E-state index in [1.165, 1.54) is 23.9 Å². The number of rotatable bonds is 12. The third-order valence-electron chi connectivity index (χ3n) is 7.03. The molecule has 0 N–H and O–H groups in total. The van der Waals surface area contributed by atoms with Gasteiger partial charge in [-0.2, -0.15) is 0 Å². The van der Waals surface area contributed by atoms with Gasteiger partial charge in [-0.05, 0) is 86.3 Å². The van der Waals surface area contributed by atoms with Crippen molar-refractivity contribution in [3.05, 3.63) is 72.8 Å². The Morgan fingerprint density at radius 1 is 0.609 bits per heavy atom. The fourth-order valence-electron chi connectivity index (χ4n) is 5.10. The van der Waals surface area contributed by atoms with E-state index < -0.39 is 0 Å². The maximum Gasteiger partial charge on any atom is 0.326 e. The number of anilines is 2. The molecular weight excluding hydrogens is 629 g/mol. The molecule has 0 aromatic heterocycles. The van der Waals surface area contributed by atoms with E-state index >= 15 is 0 Å². The van der Waals surface area contributed by atoms with Crippen LogP contribution >= 0.6 is 23.9 Å². The first kappa shape index (κ1) is 31.6. The molecule has 10 nitrogen and oxygen atoms in total. The lowest BCUT2D eigenvalue weighted by atomic mass is 10.1. The van der Waals surface area contributed by atoms with Crippen LogP contribution < -0.4 is 27.6 Å². The molecule has 0 saturated carbocycles. The predicted molar refractivity (Wildman–Crippen MR) is 178 cm³/mol. The summed E-state index contributed by atoms with van der Waals surface area (Å²) in [6.45, 7) is 6.12. The molecule has 2 aliphatic heterocycles. The average molecular weight is 663 g/mol. The van der Waals surface area contributed by atoms with Gasteiger partial charge in [0.15, 0.2) is 23.0 Å². The number of ether oxygens (including phenoxy) is 6. The van der Waals surface area contributed by atoms with Gasteiger partial charge in [-0.1, -0.05) is 24.3 Å². The number of hydrogen-bond donors (Lipinski definition) is 0. The first-order chi connectivity index (χ1) is 22.5. The second-order valence-electron chi connectivity index (χ2n) is 10.1. The lowest BCUT2D eigenvalue weighted by Crippen LogP contribution is -2.27. The maximum atomic E-state index is 12.8. The molecule has 240 valence electrons. The highest BCUT2D eigenvalue weighted by Crippen LogP contribution is 2.43. The Kier molecular flexibility index (Phi) is 10.1. The van der Waals surface area contributed by atoms with Gasteiger partial charge in [-0.15, -0.1) is 0 Å². The summed E-state index contributed by atoms with van der Waals surface area (Å²) in [5, 5.41) is 1.79. The molecule has 2 aliphatic rings. The minimum Gasteiger partial charge on any atom is -0.486 e. The summed E-state index contributed by atoms with van der Waals surface area (Å²) in [5.41, 5.74) is 1.63. The van der Waals surface area contributed by atoms with Crippen LogP contribution in [0, 0.1) is 0 Å². The Hall–Kier alpha value is -4.42. The summed E-state index contributed by atoms with van der Waals surface area (Å²) in [6, 6.07) is 23.3. The van der Waals surface area contributed by atoms with E-state index in [-0.39, 0.29) is 38.2 Å². The van der Waals surface area contributed by atoms with Gasteiger partial charge in [0.2, 0.25) is 0 Å². The Labute approximate surface area is 276 Å². The standard InChI is InChI=1S/C34H34N2O8S2/c1-3-39-33(37)21-35(45-23-9-13-29-31(19-23)43-17-15-41-29)27-11-12-28(26-8-6-5-7-25(26)27)36(22-34(38)40-4-2)46-24-10-14-30-32(20-24)44-18-16-42-30/h5-14,19-20H,3-4,15-18,21-22H2,1-2H3. The van der Waals surface area contributed by atoms with E-state index in [9.17, 15) is 9.59 Å². The number of carbonyl (C=O) groups is 2. The molecule has 46 heavy (non-hydrogen) atoms. The molecule has 4 aromatic rings. The van der Waals surface area contributed by atoms with Gasteiger partial charge in [-0.3, -0.25) is 9.59 Å². The number of fused-ring (bicyclic) bond motifs is 3. The van der Waals surface area contributed by atoms with Crippen molar-refractivity contribution in [2.75, 3.05) is 61.3 Å². The molecule has 0 fully saturated rings. The van der Waals surface area contributed by atoms with Crippen molar-refractivity contribution in [1.29, 1.82) is 0 Å². The van der Waals surface area contributed by atoms with E-state index in [1.807, 2.05) is 81.4 Å². The molecule has 0 atom stereocenters. The van der Waals surface area contributed by atoms with Gasteiger partial charge in [0.05, 0.1) is 24.6 Å². The zero-order valence-electron chi connectivity index (χ0n) is 25.6. The molecule has 0 radical (unpaired) electrons. The number of carbonyl (C=O) groups excluding carboxylic acids is 2. The molecule has 4 aromatic carbocycles. The number of nitrogens with zero attached hydrogens (tertiary/aromatic N) is 2. The monoisotopic (exact) mass is 662 g/mol. The fourth-order valence-corrected chi connectivity index (χ4v) is 7.04. The molecule has 6 rings (SSSR count). The highest BCUT2D eigenvalue weighted by atomic mass is 32.2. The minimum absolute atomic E-state index is 0.00871. The summed E-state index contributed by atoms with van der Waals surface area (Å²) in [6.07, 6.45) is 0. The second-order valence-corrected chi connectivity index (χ2v) is 12.3. The SMILES string of the molecule is CCOC(=O)CN(Sc1ccc2c(c1)OCCO2)c1ccc(N(CC(=O)OCC)Sc2ccc3c(c2)OCCO3)c2ccccc12. The Morgan fingerprint density at radius 2 is 1.02 bits per heavy atom. The van der Waals surface area contributed by atoms with E-state index in [4.69, 9.17) is 28.4 Å². The van der Waals surface area contributed by atoms with Crippen LogP contribution in [0.15, 0.2) is 82.6 Å². The molecule has 0 amide bonds. The molecule has 0 saturated heterocycles. The minimum atomic E-state index is -0.348. The van der Waals surface area contributed by atoms with Crippen LogP contribution in [0.3, 0.4) is 0 Å². The fraction of sp³-hybridized carbons (Fsp3) is 0.294. The zero-order chi connectivity index (χ0) is 31.9. The smallest absolute Gasteiger partial charge is 0.326 e. The van der Waals surface area contributed by atoms with Crippen molar-refractivity contribution < 1.29 is 38.0 Å². The quantitative estimate of drug-likeness (QED) is 0.122. The number of hydrogen-bond acceptors (Lipinski definition) is 12. The van der Waals surface area contributed by atoms with Crippen molar-refractivity contribution in [2.45, 2.75) is 23.6 Å². The molecule has 2 heterocycles. The van der Waals surface area contributed by atoms with Crippen LogP contribution in [0.25, 0.3) is 10.8 Å². The van der Waals surface area contributed by atoms with Crippen LogP contribution in [0.4, 0.5) is 11.4 Å². The summed E-state index contributed by atoms with van der Waals surface area (Å²) in [5.74, 6) is 2.02. The predicted octanol–water partition coefficient (Wildman–Crippen LogP) is 6.54. The highest BCUT2D eigenvalue weighted by Gasteiger charge is 2.23. The largest absolute Gasteiger partial charge is 0.486 e. The number of esters is 2. The van der Waals surface area contributed by atoms with Crippen molar-refractivity contribution >= 4 is 58.0 Å². The second kappa shape index (κ2) is 14.8. The Bertz CT molecular complexity index is 1590. The topological polar surface area (TPSA) is 96.0 Å². The highest BCUT2D eigenvalue weighted by molar-refractivity contribution is 8.01. The first-order valence-electron chi connectivity index (χ1n) is 15.1. The van der Waals surface area contributed by atoms with E-state index in [2.05, 4.69) is 0 Å². The molecule has 12 heteroatoms. The van der Waals surface area contributed by atoms with Crippen molar-refractivity contribution in [3.63, 3.8) is 0 Å². The van der Waals surface area contributed by atoms with Crippen LogP contribution in [0.5, 0.6) is 23.0 Å². The Balaban J connectivity index is 1.37. The van der Waals surface area contributed by atoms with Crippen LogP contribution in [0.2, 0.25) is 0 Å². The van der Waals surface area contributed by atoms with Crippen molar-refractivity contribution in [1.82, 2.24) is 0 Å². The molecule has 0 aliphatic carbocycles. The van der Waals surface area contributed by atoms with Crippen LogP contribution in [-0.2, 0) is 19.1 Å². The van der Waals surface area contributed by atoms with Crippen molar-refractivity contribution in [2.24, 2.45) is 0 Å². The van der Waals surface area contributed by atoms with E-state index in [0.29, 0.717) is 49.4 Å². The summed E-state index contributed by atoms with van der Waals surface area (Å²) < 4.78 is 37.5. The first-order valence-corrected chi connectivity index (χ1v) is 16.6.